The van der Waals surface area contributed by atoms with Crippen molar-refractivity contribution in [2.45, 2.75) is 13.3 Å². The van der Waals surface area contributed by atoms with Crippen molar-refractivity contribution >= 4 is 34.8 Å². The van der Waals surface area contributed by atoms with Crippen LogP contribution in [-0.4, -0.2) is 17.9 Å². The first kappa shape index (κ1) is 14.8. The molecular formula is C15H14Cl2N2O. The fourth-order valence-electron chi connectivity index (χ4n) is 1.80. The predicted octanol–water partition coefficient (Wildman–Crippen LogP) is 4.23. The minimum absolute atomic E-state index is 0.180. The molecule has 0 unspecified atom stereocenters. The highest BCUT2D eigenvalue weighted by atomic mass is 35.5. The van der Waals surface area contributed by atoms with Crippen LogP contribution in [0.25, 0.3) is 0 Å². The molecule has 0 radical (unpaired) electrons. The molecule has 0 bridgehead atoms. The standard InChI is InChI=1S/C15H14Cl2N2O/c1-3-10-4-6-12(7-5-10)19(2)15(20)11-8-13(16)14(17)18-9-11/h4-9H,3H2,1-2H3. The summed E-state index contributed by atoms with van der Waals surface area (Å²) in [5, 5.41) is 0.463. The van der Waals surface area contributed by atoms with Crippen molar-refractivity contribution in [1.82, 2.24) is 4.98 Å². The minimum Gasteiger partial charge on any atom is -0.311 e. The molecule has 0 atom stereocenters. The van der Waals surface area contributed by atoms with Gasteiger partial charge in [-0.1, -0.05) is 42.3 Å². The fraction of sp³-hybridized carbons (Fsp3) is 0.200. The van der Waals surface area contributed by atoms with Gasteiger partial charge >= 0.3 is 0 Å². The number of benzene rings is 1. The van der Waals surface area contributed by atoms with Crippen molar-refractivity contribution in [3.63, 3.8) is 0 Å². The fourth-order valence-corrected chi connectivity index (χ4v) is 2.07. The molecule has 0 saturated carbocycles. The Balaban J connectivity index is 2.24. The molecular weight excluding hydrogens is 295 g/mol. The van der Waals surface area contributed by atoms with Crippen molar-refractivity contribution in [3.05, 3.63) is 57.8 Å². The molecule has 0 saturated heterocycles. The molecule has 0 fully saturated rings. The summed E-state index contributed by atoms with van der Waals surface area (Å²) in [7, 11) is 1.71. The average molecular weight is 309 g/mol. The van der Waals surface area contributed by atoms with Crippen molar-refractivity contribution in [2.75, 3.05) is 11.9 Å². The number of rotatable bonds is 3. The van der Waals surface area contributed by atoms with Crippen LogP contribution >= 0.6 is 23.2 Å². The highest BCUT2D eigenvalue weighted by molar-refractivity contribution is 6.41. The van der Waals surface area contributed by atoms with Gasteiger partial charge in [-0.2, -0.15) is 0 Å². The van der Waals surface area contributed by atoms with Gasteiger partial charge in [0.25, 0.3) is 5.91 Å². The summed E-state index contributed by atoms with van der Waals surface area (Å²) in [5.41, 5.74) is 2.45. The normalized spacial score (nSPS) is 10.4. The maximum Gasteiger partial charge on any atom is 0.259 e. The summed E-state index contributed by atoms with van der Waals surface area (Å²) in [4.78, 5) is 17.8. The molecule has 1 aromatic carbocycles. The maximum absolute atomic E-state index is 12.3. The Morgan fingerprint density at radius 1 is 1.25 bits per heavy atom. The van der Waals surface area contributed by atoms with E-state index in [0.717, 1.165) is 12.1 Å². The Morgan fingerprint density at radius 3 is 2.45 bits per heavy atom. The van der Waals surface area contributed by atoms with E-state index in [1.54, 1.807) is 11.9 Å². The van der Waals surface area contributed by atoms with E-state index in [0.29, 0.717) is 5.56 Å². The van der Waals surface area contributed by atoms with Crippen LogP contribution in [0.2, 0.25) is 10.2 Å². The lowest BCUT2D eigenvalue weighted by Gasteiger charge is -2.17. The van der Waals surface area contributed by atoms with Gasteiger partial charge in [0.15, 0.2) is 0 Å². The topological polar surface area (TPSA) is 33.2 Å². The summed E-state index contributed by atoms with van der Waals surface area (Å²) in [5.74, 6) is -0.180. The summed E-state index contributed by atoms with van der Waals surface area (Å²) in [6.07, 6.45) is 2.39. The third kappa shape index (κ3) is 3.11. The van der Waals surface area contributed by atoms with E-state index in [9.17, 15) is 4.79 Å². The van der Waals surface area contributed by atoms with Gasteiger partial charge in [0, 0.05) is 18.9 Å². The van der Waals surface area contributed by atoms with Crippen molar-refractivity contribution in [1.29, 1.82) is 0 Å². The van der Waals surface area contributed by atoms with Crippen LogP contribution in [0.4, 0.5) is 5.69 Å². The van der Waals surface area contributed by atoms with Gasteiger partial charge in [-0.15, -0.1) is 0 Å². The van der Waals surface area contributed by atoms with Gasteiger partial charge in [-0.05, 0) is 30.2 Å². The third-order valence-electron chi connectivity index (χ3n) is 3.08. The lowest BCUT2D eigenvalue weighted by Crippen LogP contribution is -2.26. The molecule has 3 nitrogen and oxygen atoms in total. The maximum atomic E-state index is 12.3. The Morgan fingerprint density at radius 2 is 1.90 bits per heavy atom. The van der Waals surface area contributed by atoms with Gasteiger partial charge in [-0.3, -0.25) is 4.79 Å². The number of halogens is 2. The molecule has 0 aliphatic carbocycles. The molecule has 0 aliphatic rings. The van der Waals surface area contributed by atoms with Crippen LogP contribution in [0.1, 0.15) is 22.8 Å². The van der Waals surface area contributed by atoms with E-state index < -0.39 is 0 Å². The molecule has 0 N–H and O–H groups in total. The Hall–Kier alpha value is -1.58. The van der Waals surface area contributed by atoms with E-state index in [-0.39, 0.29) is 16.1 Å². The quantitative estimate of drug-likeness (QED) is 0.795. The summed E-state index contributed by atoms with van der Waals surface area (Å²) in [6, 6.07) is 9.37. The zero-order valence-corrected chi connectivity index (χ0v) is 12.7. The molecule has 2 aromatic rings. The number of amides is 1. The highest BCUT2D eigenvalue weighted by Gasteiger charge is 2.15. The summed E-state index contributed by atoms with van der Waals surface area (Å²) in [6.45, 7) is 2.09. The lowest BCUT2D eigenvalue weighted by molar-refractivity contribution is 0.0992. The molecule has 1 heterocycles. The first-order valence-electron chi connectivity index (χ1n) is 6.21. The average Bonchev–Trinajstić information content (AvgIpc) is 2.48. The largest absolute Gasteiger partial charge is 0.311 e. The van der Waals surface area contributed by atoms with Gasteiger partial charge in [0.1, 0.15) is 5.15 Å². The molecule has 1 aromatic heterocycles. The lowest BCUT2D eigenvalue weighted by atomic mass is 10.1. The van der Waals surface area contributed by atoms with Crippen molar-refractivity contribution < 1.29 is 4.79 Å². The summed E-state index contributed by atoms with van der Waals surface area (Å²) < 4.78 is 0. The molecule has 5 heteroatoms. The Bertz CT molecular complexity index is 626. The molecule has 2 rings (SSSR count). The van der Waals surface area contributed by atoms with E-state index in [1.807, 2.05) is 24.3 Å². The first-order valence-corrected chi connectivity index (χ1v) is 6.96. The molecule has 104 valence electrons. The smallest absolute Gasteiger partial charge is 0.259 e. The SMILES string of the molecule is CCc1ccc(N(C)C(=O)c2cnc(Cl)c(Cl)c2)cc1. The monoisotopic (exact) mass is 308 g/mol. The van der Waals surface area contributed by atoms with Crippen LogP contribution in [0.15, 0.2) is 36.5 Å². The number of carbonyl (C=O) groups excluding carboxylic acids is 1. The van der Waals surface area contributed by atoms with Crippen LogP contribution in [-0.2, 0) is 6.42 Å². The second-order valence-electron chi connectivity index (χ2n) is 4.38. The zero-order valence-electron chi connectivity index (χ0n) is 11.2. The number of anilines is 1. The minimum atomic E-state index is -0.180. The van der Waals surface area contributed by atoms with Crippen molar-refractivity contribution in [3.8, 4) is 0 Å². The molecule has 20 heavy (non-hydrogen) atoms. The first-order chi connectivity index (χ1) is 9.52. The van der Waals surface area contributed by atoms with Crippen molar-refractivity contribution in [2.24, 2.45) is 0 Å². The second-order valence-corrected chi connectivity index (χ2v) is 5.15. The van der Waals surface area contributed by atoms with Crippen LogP contribution in [0, 0.1) is 0 Å². The molecule has 1 amide bonds. The van der Waals surface area contributed by atoms with Crippen LogP contribution in [0.5, 0.6) is 0 Å². The zero-order chi connectivity index (χ0) is 14.7. The number of aromatic nitrogens is 1. The number of hydrogen-bond donors (Lipinski definition) is 0. The second kappa shape index (κ2) is 6.25. The van der Waals surface area contributed by atoms with Gasteiger partial charge in [0.05, 0.1) is 10.6 Å². The molecule has 0 spiro atoms. The van der Waals surface area contributed by atoms with Gasteiger partial charge < -0.3 is 4.90 Å². The number of carbonyl (C=O) groups is 1. The Kier molecular flexibility index (Phi) is 4.63. The number of nitrogens with zero attached hydrogens (tertiary/aromatic N) is 2. The van der Waals surface area contributed by atoms with Gasteiger partial charge in [0.2, 0.25) is 0 Å². The Labute approximate surface area is 128 Å². The van der Waals surface area contributed by atoms with Gasteiger partial charge in [-0.25, -0.2) is 4.98 Å². The number of pyridine rings is 1. The molecule has 0 aliphatic heterocycles. The van der Waals surface area contributed by atoms with Crippen LogP contribution in [0.3, 0.4) is 0 Å². The number of hydrogen-bond acceptors (Lipinski definition) is 2. The van der Waals surface area contributed by atoms with Crippen LogP contribution < -0.4 is 4.90 Å². The van der Waals surface area contributed by atoms with E-state index in [1.165, 1.54) is 17.8 Å². The number of aryl methyl sites for hydroxylation is 1. The van der Waals surface area contributed by atoms with E-state index in [4.69, 9.17) is 23.2 Å². The van der Waals surface area contributed by atoms with E-state index in [2.05, 4.69) is 11.9 Å². The predicted molar refractivity (Wildman–Crippen MR) is 82.8 cm³/mol. The van der Waals surface area contributed by atoms with E-state index >= 15 is 0 Å². The summed E-state index contributed by atoms with van der Waals surface area (Å²) >= 11 is 11.6. The third-order valence-corrected chi connectivity index (χ3v) is 3.77. The highest BCUT2D eigenvalue weighted by Crippen LogP contribution is 2.22.